The second-order valence-corrected chi connectivity index (χ2v) is 10.00. The van der Waals surface area contributed by atoms with Gasteiger partial charge in [0.05, 0.1) is 32.5 Å². The van der Waals surface area contributed by atoms with Gasteiger partial charge in [-0.15, -0.1) is 11.7 Å². The van der Waals surface area contributed by atoms with Gasteiger partial charge in [-0.1, -0.05) is 13.8 Å². The van der Waals surface area contributed by atoms with Crippen LogP contribution in [0.3, 0.4) is 0 Å². The summed E-state index contributed by atoms with van der Waals surface area (Å²) in [5, 5.41) is 9.46. The third-order valence-corrected chi connectivity index (χ3v) is 6.92. The lowest BCUT2D eigenvalue weighted by molar-refractivity contribution is -0.0464. The number of benzene rings is 2. The zero-order chi connectivity index (χ0) is 30.9. The molecule has 2 saturated heterocycles. The van der Waals surface area contributed by atoms with Crippen LogP contribution in [0.1, 0.15) is 74.8 Å². The van der Waals surface area contributed by atoms with Gasteiger partial charge >= 0.3 is 0 Å². The van der Waals surface area contributed by atoms with Gasteiger partial charge in [0.2, 0.25) is 0 Å². The Labute approximate surface area is 235 Å². The van der Waals surface area contributed by atoms with Crippen molar-refractivity contribution in [3.63, 3.8) is 0 Å². The van der Waals surface area contributed by atoms with Gasteiger partial charge in [-0.3, -0.25) is 0 Å². The predicted octanol–water partition coefficient (Wildman–Crippen LogP) is 7.81. The molecule has 2 aromatic rings. The summed E-state index contributed by atoms with van der Waals surface area (Å²) in [6.45, 7) is 7.16. The van der Waals surface area contributed by atoms with Crippen LogP contribution in [0, 0.1) is 23.3 Å². The van der Waals surface area contributed by atoms with E-state index in [4.69, 9.17) is 18.9 Å². The van der Waals surface area contributed by atoms with Gasteiger partial charge < -0.3 is 24.1 Å². The second-order valence-electron chi connectivity index (χ2n) is 8.72. The normalized spacial score (nSPS) is 18.0. The van der Waals surface area contributed by atoms with Crippen LogP contribution in [0.4, 0.5) is 33.6 Å². The molecule has 2 heterocycles. The van der Waals surface area contributed by atoms with Crippen molar-refractivity contribution < 1.29 is 57.7 Å². The van der Waals surface area contributed by atoms with Crippen molar-refractivity contribution in [1.82, 2.24) is 4.31 Å². The molecule has 0 radical (unpaired) electrons. The van der Waals surface area contributed by atoms with Gasteiger partial charge in [-0.05, 0) is 26.0 Å². The van der Waals surface area contributed by atoms with Crippen LogP contribution in [0.2, 0.25) is 0 Å². The topological polar surface area (TPSA) is 60.4 Å². The lowest BCUT2D eigenvalue weighted by Crippen LogP contribution is -2.19. The first-order valence-corrected chi connectivity index (χ1v) is 13.9. The molecule has 2 fully saturated rings. The van der Waals surface area contributed by atoms with E-state index in [0.717, 1.165) is 18.2 Å². The highest BCUT2D eigenvalue weighted by Crippen LogP contribution is 2.56. The van der Waals surface area contributed by atoms with E-state index in [-0.39, 0.29) is 35.3 Å². The average Bonchev–Trinajstić information content (AvgIpc) is 3.58. The number of ether oxygens (including phenoxy) is 4. The number of nitrogens with zero attached hydrogens (tertiary/aromatic N) is 1. The van der Waals surface area contributed by atoms with Gasteiger partial charge in [0.1, 0.15) is 29.4 Å². The van der Waals surface area contributed by atoms with Crippen LogP contribution in [-0.2, 0) is 18.9 Å². The van der Waals surface area contributed by atoms with Crippen LogP contribution in [0.25, 0.3) is 0 Å². The maximum atomic E-state index is 13.5. The summed E-state index contributed by atoms with van der Waals surface area (Å²) in [6, 6.07) is 3.57. The fourth-order valence-corrected chi connectivity index (χ4v) is 4.64. The first-order valence-electron chi connectivity index (χ1n) is 12.6. The summed E-state index contributed by atoms with van der Waals surface area (Å²) in [7, 11) is 0. The summed E-state index contributed by atoms with van der Waals surface area (Å²) in [5.74, 6) is -3.18. The molecule has 0 aromatic heterocycles. The molecule has 0 bridgehead atoms. The average molecular weight is 624 g/mol. The number of hydrogen-bond donors (Lipinski definition) is 1. The third kappa shape index (κ3) is 10.0. The number of hydrogen-bond acceptors (Lipinski definition) is 6. The molecular weight excluding hydrogens is 590 g/mol. The lowest BCUT2D eigenvalue weighted by Gasteiger charge is -2.23. The number of halogens is 8. The number of aliphatic hydroxyl groups excluding tert-OH is 1. The van der Waals surface area contributed by atoms with E-state index < -0.39 is 59.5 Å². The van der Waals surface area contributed by atoms with E-state index in [1.807, 2.05) is 0 Å². The van der Waals surface area contributed by atoms with Gasteiger partial charge in [0.25, 0.3) is 11.4 Å². The predicted molar refractivity (Wildman–Crippen MR) is 136 cm³/mol. The second kappa shape index (κ2) is 16.0. The first kappa shape index (κ1) is 35.2. The van der Waals surface area contributed by atoms with Crippen molar-refractivity contribution in [2.45, 2.75) is 52.6 Å². The standard InChI is InChI=1S/C11H11F3O2.C11H12F2O3.C4H10F3NS/c1-6(12)10-8(11-15-2-3-16-11)4-7(13)5-9(10)14;1-6(14)10-8(11-15-2-3-16-11)4-7(12)5-9(10)13;1-3-8(4-2)9(5,6)7/h4-6,11H,2-3H2,1H3;4-6,11,14H,2-3H2,1H3;3-4H2,1-2H3. The lowest BCUT2D eigenvalue weighted by atomic mass is 10.0. The minimum Gasteiger partial charge on any atom is -0.389 e. The van der Waals surface area contributed by atoms with E-state index in [0.29, 0.717) is 36.8 Å². The molecule has 0 spiro atoms. The molecule has 2 aliphatic rings. The minimum absolute atomic E-state index is 0.0216. The number of alkyl halides is 1. The zero-order valence-corrected chi connectivity index (χ0v) is 23.6. The molecule has 4 rings (SSSR count). The Hall–Kier alpha value is -2.01. The summed E-state index contributed by atoms with van der Waals surface area (Å²) in [4.78, 5) is 0. The van der Waals surface area contributed by atoms with Gasteiger partial charge in [-0.25, -0.2) is 22.0 Å². The van der Waals surface area contributed by atoms with Gasteiger partial charge in [0.15, 0.2) is 12.6 Å². The Kier molecular flexibility index (Phi) is 13.7. The quantitative estimate of drug-likeness (QED) is 0.318. The minimum atomic E-state index is -4.93. The zero-order valence-electron chi connectivity index (χ0n) is 22.8. The van der Waals surface area contributed by atoms with E-state index in [2.05, 4.69) is 0 Å². The molecule has 2 atom stereocenters. The molecule has 0 saturated carbocycles. The number of rotatable bonds is 7. The Morgan fingerprint density at radius 1 is 0.756 bits per heavy atom. The van der Waals surface area contributed by atoms with E-state index in [9.17, 15) is 38.7 Å². The fraction of sp³-hybridized carbons (Fsp3) is 0.538. The van der Waals surface area contributed by atoms with Crippen molar-refractivity contribution >= 4 is 11.4 Å². The van der Waals surface area contributed by atoms with Crippen molar-refractivity contribution in [3.05, 3.63) is 69.8 Å². The summed E-state index contributed by atoms with van der Waals surface area (Å²) in [6.07, 6.45) is -4.25. The Balaban J connectivity index is 0.000000225. The Morgan fingerprint density at radius 3 is 1.41 bits per heavy atom. The van der Waals surface area contributed by atoms with Crippen molar-refractivity contribution in [1.29, 1.82) is 0 Å². The highest BCUT2D eigenvalue weighted by Gasteiger charge is 2.29. The molecule has 2 aromatic carbocycles. The molecule has 0 amide bonds. The van der Waals surface area contributed by atoms with E-state index in [1.54, 1.807) is 0 Å². The fourth-order valence-electron chi connectivity index (χ4n) is 4.05. The Morgan fingerprint density at radius 2 is 1.12 bits per heavy atom. The maximum absolute atomic E-state index is 13.5. The molecule has 1 N–H and O–H groups in total. The summed E-state index contributed by atoms with van der Waals surface area (Å²) >= 11 is -4.93. The highest BCUT2D eigenvalue weighted by molar-refractivity contribution is 8.18. The molecular formula is C26H33F8NO5S. The largest absolute Gasteiger partial charge is 0.389 e. The van der Waals surface area contributed by atoms with Crippen molar-refractivity contribution in [2.24, 2.45) is 0 Å². The Bertz CT molecular complexity index is 1030. The molecule has 2 aliphatic heterocycles. The van der Waals surface area contributed by atoms with Crippen LogP contribution >= 0.6 is 11.4 Å². The summed E-state index contributed by atoms with van der Waals surface area (Å²) in [5.41, 5.74) is 0.122. The maximum Gasteiger partial charge on any atom is 0.278 e. The SMILES string of the molecule is CC(F)c1c(F)cc(F)cc1C1OCCO1.CC(O)c1c(F)cc(F)cc1C1OCCO1.CCN(CC)S(F)(F)F. The van der Waals surface area contributed by atoms with Gasteiger partial charge in [-0.2, -0.15) is 4.31 Å². The van der Waals surface area contributed by atoms with Crippen LogP contribution in [-0.4, -0.2) is 48.9 Å². The van der Waals surface area contributed by atoms with Crippen molar-refractivity contribution in [3.8, 4) is 0 Å². The summed E-state index contributed by atoms with van der Waals surface area (Å²) < 4.78 is 123. The van der Waals surface area contributed by atoms with E-state index in [1.165, 1.54) is 27.7 Å². The highest BCUT2D eigenvalue weighted by atomic mass is 32.3. The monoisotopic (exact) mass is 623 g/mol. The molecule has 41 heavy (non-hydrogen) atoms. The first-order chi connectivity index (χ1) is 19.2. The van der Waals surface area contributed by atoms with Crippen LogP contribution in [0.5, 0.6) is 0 Å². The smallest absolute Gasteiger partial charge is 0.278 e. The van der Waals surface area contributed by atoms with Crippen LogP contribution in [0.15, 0.2) is 24.3 Å². The molecule has 2 unspecified atom stereocenters. The molecule has 6 nitrogen and oxygen atoms in total. The number of aliphatic hydroxyl groups is 1. The molecule has 234 valence electrons. The van der Waals surface area contributed by atoms with Crippen LogP contribution < -0.4 is 0 Å². The molecule has 0 aliphatic carbocycles. The van der Waals surface area contributed by atoms with Crippen molar-refractivity contribution in [2.75, 3.05) is 39.5 Å². The molecule has 15 heteroatoms. The van der Waals surface area contributed by atoms with Gasteiger partial charge in [0, 0.05) is 47.5 Å². The third-order valence-electron chi connectivity index (χ3n) is 5.82. The van der Waals surface area contributed by atoms with E-state index >= 15 is 0 Å².